The average molecular weight is 116 g/mol. The maximum Gasteiger partial charge on any atom is 0.159 e. The van der Waals surface area contributed by atoms with Crippen molar-refractivity contribution >= 4 is 17.3 Å². The molecule has 7 heavy (non-hydrogen) atoms. The van der Waals surface area contributed by atoms with Crippen LogP contribution in [0.15, 0.2) is 0 Å². The van der Waals surface area contributed by atoms with Gasteiger partial charge in [-0.3, -0.25) is 0 Å². The van der Waals surface area contributed by atoms with E-state index in [1.165, 1.54) is 12.8 Å². The Balaban J connectivity index is 2.25. The van der Waals surface area contributed by atoms with E-state index in [1.807, 2.05) is 0 Å². The van der Waals surface area contributed by atoms with E-state index in [2.05, 4.69) is 0 Å². The standard InChI is InChI=1S/C5H8OS/c7-5-3-1-2-4-6-5/h1-4H2. The third kappa shape index (κ3) is 1.43. The maximum absolute atomic E-state index is 5.01. The minimum atomic E-state index is 0.797. The summed E-state index contributed by atoms with van der Waals surface area (Å²) in [6.07, 6.45) is 3.40. The van der Waals surface area contributed by atoms with Crippen LogP contribution in [0.4, 0.5) is 0 Å². The fourth-order valence-corrected chi connectivity index (χ4v) is 0.857. The van der Waals surface area contributed by atoms with Gasteiger partial charge in [-0.2, -0.15) is 0 Å². The van der Waals surface area contributed by atoms with E-state index >= 15 is 0 Å². The Morgan fingerprint density at radius 3 is 2.57 bits per heavy atom. The monoisotopic (exact) mass is 116 g/mol. The molecule has 1 fully saturated rings. The number of ether oxygens (including phenoxy) is 1. The quantitative estimate of drug-likeness (QED) is 0.444. The molecule has 1 rings (SSSR count). The van der Waals surface area contributed by atoms with Crippen molar-refractivity contribution in [3.8, 4) is 0 Å². The largest absolute Gasteiger partial charge is 0.487 e. The topological polar surface area (TPSA) is 9.23 Å². The molecule has 0 aliphatic carbocycles. The van der Waals surface area contributed by atoms with Crippen LogP contribution in [0.2, 0.25) is 0 Å². The predicted molar refractivity (Wildman–Crippen MR) is 32.4 cm³/mol. The molecule has 0 atom stereocenters. The molecular formula is C5H8OS. The summed E-state index contributed by atoms with van der Waals surface area (Å²) < 4.78 is 5.01. The molecule has 0 radical (unpaired) electrons. The molecule has 1 saturated heterocycles. The summed E-state index contributed by atoms with van der Waals surface area (Å²) in [7, 11) is 0. The molecular weight excluding hydrogens is 108 g/mol. The fraction of sp³-hybridized carbons (Fsp3) is 0.800. The van der Waals surface area contributed by atoms with Gasteiger partial charge in [0.15, 0.2) is 5.05 Å². The molecule has 0 bridgehead atoms. The lowest BCUT2D eigenvalue weighted by Gasteiger charge is -2.11. The van der Waals surface area contributed by atoms with Crippen molar-refractivity contribution in [1.82, 2.24) is 0 Å². The van der Waals surface area contributed by atoms with Crippen LogP contribution in [-0.2, 0) is 4.74 Å². The second-order valence-electron chi connectivity index (χ2n) is 1.68. The molecule has 0 unspecified atom stereocenters. The predicted octanol–water partition coefficient (Wildman–Crippen LogP) is 1.51. The average Bonchev–Trinajstić information content (AvgIpc) is 1.69. The van der Waals surface area contributed by atoms with E-state index < -0.39 is 0 Å². The zero-order chi connectivity index (χ0) is 5.11. The first kappa shape index (κ1) is 5.04. The minimum Gasteiger partial charge on any atom is -0.487 e. The Morgan fingerprint density at radius 1 is 1.43 bits per heavy atom. The van der Waals surface area contributed by atoms with Crippen molar-refractivity contribution in [2.24, 2.45) is 0 Å². The van der Waals surface area contributed by atoms with Gasteiger partial charge in [0.2, 0.25) is 0 Å². The van der Waals surface area contributed by atoms with E-state index in [9.17, 15) is 0 Å². The molecule has 0 spiro atoms. The first-order chi connectivity index (χ1) is 3.39. The minimum absolute atomic E-state index is 0.797. The van der Waals surface area contributed by atoms with Gasteiger partial charge in [0.05, 0.1) is 6.61 Å². The van der Waals surface area contributed by atoms with Crippen molar-refractivity contribution in [3.63, 3.8) is 0 Å². The molecule has 0 amide bonds. The molecule has 1 aliphatic rings. The number of thiocarbonyl (C=S) groups is 1. The number of hydrogen-bond donors (Lipinski definition) is 0. The summed E-state index contributed by atoms with van der Waals surface area (Å²) in [5, 5.41) is 0.797. The lowest BCUT2D eigenvalue weighted by Crippen LogP contribution is -2.09. The lowest BCUT2D eigenvalue weighted by molar-refractivity contribution is 0.269. The zero-order valence-corrected chi connectivity index (χ0v) is 4.96. The van der Waals surface area contributed by atoms with Crippen LogP contribution < -0.4 is 0 Å². The molecule has 1 nitrogen and oxygen atoms in total. The normalized spacial score (nSPS) is 21.4. The Morgan fingerprint density at radius 2 is 2.29 bits per heavy atom. The SMILES string of the molecule is S=C1CCCCO1. The highest BCUT2D eigenvalue weighted by Crippen LogP contribution is 2.06. The molecule has 1 heterocycles. The van der Waals surface area contributed by atoms with Gasteiger partial charge in [0.1, 0.15) is 0 Å². The second-order valence-corrected chi connectivity index (χ2v) is 2.13. The van der Waals surface area contributed by atoms with Gasteiger partial charge in [0.25, 0.3) is 0 Å². The van der Waals surface area contributed by atoms with Crippen LogP contribution in [-0.4, -0.2) is 11.7 Å². The third-order valence-electron chi connectivity index (χ3n) is 1.04. The Labute approximate surface area is 48.7 Å². The molecule has 1 aliphatic heterocycles. The molecule has 2 heteroatoms. The van der Waals surface area contributed by atoms with Crippen LogP contribution in [0.1, 0.15) is 19.3 Å². The second kappa shape index (κ2) is 2.26. The van der Waals surface area contributed by atoms with Gasteiger partial charge < -0.3 is 4.74 Å². The van der Waals surface area contributed by atoms with E-state index in [0.717, 1.165) is 18.1 Å². The molecule has 0 aromatic heterocycles. The zero-order valence-electron chi connectivity index (χ0n) is 4.14. The van der Waals surface area contributed by atoms with Crippen LogP contribution >= 0.6 is 12.2 Å². The van der Waals surface area contributed by atoms with E-state index in [4.69, 9.17) is 17.0 Å². The van der Waals surface area contributed by atoms with Crippen molar-refractivity contribution in [2.75, 3.05) is 6.61 Å². The molecule has 0 saturated carbocycles. The van der Waals surface area contributed by atoms with Crippen molar-refractivity contribution in [3.05, 3.63) is 0 Å². The van der Waals surface area contributed by atoms with Crippen molar-refractivity contribution < 1.29 is 4.74 Å². The Kier molecular flexibility index (Phi) is 1.63. The highest BCUT2D eigenvalue weighted by molar-refractivity contribution is 7.80. The highest BCUT2D eigenvalue weighted by Gasteiger charge is 2.02. The summed E-state index contributed by atoms with van der Waals surface area (Å²) in [5.74, 6) is 0. The molecule has 40 valence electrons. The summed E-state index contributed by atoms with van der Waals surface area (Å²) in [4.78, 5) is 0. The van der Waals surface area contributed by atoms with Crippen LogP contribution in [0, 0.1) is 0 Å². The van der Waals surface area contributed by atoms with E-state index in [1.54, 1.807) is 0 Å². The number of hydrogen-bond acceptors (Lipinski definition) is 2. The first-order valence-corrected chi connectivity index (χ1v) is 2.96. The van der Waals surface area contributed by atoms with Gasteiger partial charge in [-0.15, -0.1) is 0 Å². The Bertz CT molecular complexity index is 72.1. The van der Waals surface area contributed by atoms with Crippen LogP contribution in [0.3, 0.4) is 0 Å². The summed E-state index contributed by atoms with van der Waals surface area (Å²) >= 11 is 4.78. The van der Waals surface area contributed by atoms with Crippen molar-refractivity contribution in [2.45, 2.75) is 19.3 Å². The molecule has 0 N–H and O–H groups in total. The first-order valence-electron chi connectivity index (χ1n) is 2.55. The lowest BCUT2D eigenvalue weighted by atomic mass is 10.2. The fourth-order valence-electron chi connectivity index (χ4n) is 0.630. The van der Waals surface area contributed by atoms with Gasteiger partial charge in [-0.1, -0.05) is 0 Å². The van der Waals surface area contributed by atoms with Gasteiger partial charge in [0, 0.05) is 6.42 Å². The van der Waals surface area contributed by atoms with E-state index in [0.29, 0.717) is 0 Å². The summed E-state index contributed by atoms with van der Waals surface area (Å²) in [6, 6.07) is 0. The molecule has 0 aromatic carbocycles. The smallest absolute Gasteiger partial charge is 0.159 e. The maximum atomic E-state index is 5.01. The Hall–Kier alpha value is -0.110. The summed E-state index contributed by atoms with van der Waals surface area (Å²) in [6.45, 7) is 0.846. The van der Waals surface area contributed by atoms with Gasteiger partial charge in [-0.05, 0) is 25.1 Å². The number of rotatable bonds is 0. The van der Waals surface area contributed by atoms with Crippen LogP contribution in [0.25, 0.3) is 0 Å². The van der Waals surface area contributed by atoms with Gasteiger partial charge in [-0.25, -0.2) is 0 Å². The summed E-state index contributed by atoms with van der Waals surface area (Å²) in [5.41, 5.74) is 0. The van der Waals surface area contributed by atoms with E-state index in [-0.39, 0.29) is 0 Å². The molecule has 0 aromatic rings. The van der Waals surface area contributed by atoms with Gasteiger partial charge >= 0.3 is 0 Å². The third-order valence-corrected chi connectivity index (χ3v) is 1.36. The van der Waals surface area contributed by atoms with Crippen LogP contribution in [0.5, 0.6) is 0 Å². The highest BCUT2D eigenvalue weighted by atomic mass is 32.1. The van der Waals surface area contributed by atoms with Crippen molar-refractivity contribution in [1.29, 1.82) is 0 Å².